The van der Waals surface area contributed by atoms with E-state index in [0.717, 1.165) is 30.0 Å². The summed E-state index contributed by atoms with van der Waals surface area (Å²) in [6.45, 7) is 22.2. The number of rotatable bonds is 17. The molecule has 1 atom stereocenters. The molecule has 0 saturated carbocycles. The third kappa shape index (κ3) is 8.50. The van der Waals surface area contributed by atoms with Gasteiger partial charge in [-0.1, -0.05) is 83.4 Å². The quantitative estimate of drug-likeness (QED) is 0.113. The molecule has 0 aliphatic rings. The number of esters is 1. The van der Waals surface area contributed by atoms with E-state index in [1.165, 1.54) is 25.0 Å². The average Bonchev–Trinajstić information content (AvgIpc) is 2.89. The van der Waals surface area contributed by atoms with E-state index < -0.39 is 28.3 Å². The van der Waals surface area contributed by atoms with Gasteiger partial charge in [-0.3, -0.25) is 0 Å². The van der Waals surface area contributed by atoms with E-state index in [4.69, 9.17) is 13.9 Å². The number of carbonyl (C=O) groups excluding carboxylic acids is 1. The highest BCUT2D eigenvalue weighted by atomic mass is 28.4. The second-order valence-electron chi connectivity index (χ2n) is 12.9. The Morgan fingerprint density at radius 2 is 1.48 bits per heavy atom. The number of carboxylic acids is 1. The maximum absolute atomic E-state index is 12.7. The second kappa shape index (κ2) is 14.3. The summed E-state index contributed by atoms with van der Waals surface area (Å²) >= 11 is 0. The molecule has 0 radical (unpaired) electrons. The number of benzene rings is 2. The van der Waals surface area contributed by atoms with Crippen LogP contribution in [-0.4, -0.2) is 58.5 Å². The van der Waals surface area contributed by atoms with Crippen LogP contribution in [0.2, 0.25) is 37.3 Å². The van der Waals surface area contributed by atoms with Crippen LogP contribution in [-0.2, 0) is 13.9 Å². The third-order valence-electron chi connectivity index (χ3n) is 9.34. The van der Waals surface area contributed by atoms with Crippen LogP contribution in [0.25, 0.3) is 10.8 Å². The van der Waals surface area contributed by atoms with Crippen molar-refractivity contribution in [1.29, 1.82) is 0 Å². The summed E-state index contributed by atoms with van der Waals surface area (Å²) in [6.07, 6.45) is 5.49. The van der Waals surface area contributed by atoms with Crippen molar-refractivity contribution in [2.45, 2.75) is 109 Å². The Labute approximate surface area is 243 Å². The standard InChI is InChI=1S/C32H52O6Si2/c1-10-12-22-39(6,7)31(3,4)38-40(8,9)32(5,11-2)18-15-19-36-20-21-37-30(35)28-24-26-17-14-13-16-25(26)23-27(28)29(33)34/h13-14,16-17,23-24H,10-12,15,18-22H2,1-9H3,(H,33,34)/t32-/m1/s1. The number of carbonyl (C=O) groups is 2. The predicted molar refractivity (Wildman–Crippen MR) is 170 cm³/mol. The highest BCUT2D eigenvalue weighted by Gasteiger charge is 2.50. The van der Waals surface area contributed by atoms with E-state index in [1.54, 1.807) is 6.07 Å². The third-order valence-corrected chi connectivity index (χ3v) is 19.0. The molecule has 0 aliphatic carbocycles. The highest BCUT2D eigenvalue weighted by Crippen LogP contribution is 2.48. The zero-order chi connectivity index (χ0) is 30.2. The van der Waals surface area contributed by atoms with Gasteiger partial charge in [-0.25, -0.2) is 9.59 Å². The summed E-state index contributed by atoms with van der Waals surface area (Å²) in [5.74, 6) is -1.80. The van der Waals surface area contributed by atoms with Gasteiger partial charge in [0.1, 0.15) is 6.61 Å². The summed E-state index contributed by atoms with van der Waals surface area (Å²) in [4.78, 5) is 24.4. The molecule has 2 aromatic carbocycles. The van der Waals surface area contributed by atoms with E-state index >= 15 is 0 Å². The lowest BCUT2D eigenvalue weighted by Gasteiger charge is -2.51. The predicted octanol–water partition coefficient (Wildman–Crippen LogP) is 8.71. The van der Waals surface area contributed by atoms with Gasteiger partial charge >= 0.3 is 11.9 Å². The first-order chi connectivity index (χ1) is 18.6. The van der Waals surface area contributed by atoms with Gasteiger partial charge in [0.05, 0.1) is 25.8 Å². The van der Waals surface area contributed by atoms with Gasteiger partial charge in [-0.05, 0) is 67.7 Å². The minimum atomic E-state index is -2.04. The molecular weight excluding hydrogens is 537 g/mol. The molecule has 0 aromatic heterocycles. The minimum absolute atomic E-state index is 0.0564. The first-order valence-electron chi connectivity index (χ1n) is 14.8. The van der Waals surface area contributed by atoms with Gasteiger partial charge in [0.2, 0.25) is 0 Å². The molecule has 2 rings (SSSR count). The van der Waals surface area contributed by atoms with Crippen molar-refractivity contribution in [2.75, 3.05) is 19.8 Å². The van der Waals surface area contributed by atoms with Crippen molar-refractivity contribution in [2.24, 2.45) is 0 Å². The molecule has 0 aliphatic heterocycles. The Bertz CT molecular complexity index is 1140. The van der Waals surface area contributed by atoms with Crippen molar-refractivity contribution in [1.82, 2.24) is 0 Å². The summed E-state index contributed by atoms with van der Waals surface area (Å²) in [6, 6.07) is 11.7. The number of unbranched alkanes of at least 4 members (excludes halogenated alkanes) is 1. The fourth-order valence-corrected chi connectivity index (χ4v) is 12.1. The van der Waals surface area contributed by atoms with Crippen LogP contribution in [0.5, 0.6) is 0 Å². The summed E-state index contributed by atoms with van der Waals surface area (Å²) in [5, 5.41) is 11.2. The largest absolute Gasteiger partial charge is 0.478 e. The fourth-order valence-electron chi connectivity index (χ4n) is 5.25. The van der Waals surface area contributed by atoms with Crippen molar-refractivity contribution >= 4 is 39.1 Å². The van der Waals surface area contributed by atoms with Crippen LogP contribution in [0.3, 0.4) is 0 Å². The van der Waals surface area contributed by atoms with E-state index in [1.807, 2.05) is 24.3 Å². The van der Waals surface area contributed by atoms with E-state index in [2.05, 4.69) is 60.8 Å². The van der Waals surface area contributed by atoms with E-state index in [-0.39, 0.29) is 34.6 Å². The molecule has 1 N–H and O–H groups in total. The molecule has 6 nitrogen and oxygen atoms in total. The van der Waals surface area contributed by atoms with Gasteiger partial charge in [0.15, 0.2) is 8.32 Å². The second-order valence-corrected chi connectivity index (χ2v) is 22.8. The lowest BCUT2D eigenvalue weighted by Crippen LogP contribution is -2.59. The lowest BCUT2D eigenvalue weighted by atomic mass is 10.0. The number of hydrogen-bond donors (Lipinski definition) is 1. The molecule has 0 unspecified atom stereocenters. The topological polar surface area (TPSA) is 82.1 Å². The summed E-state index contributed by atoms with van der Waals surface area (Å²) < 4.78 is 18.3. The van der Waals surface area contributed by atoms with Crippen LogP contribution >= 0.6 is 0 Å². The van der Waals surface area contributed by atoms with E-state index in [0.29, 0.717) is 6.61 Å². The van der Waals surface area contributed by atoms with Crippen molar-refractivity contribution in [3.05, 3.63) is 47.5 Å². The Morgan fingerprint density at radius 1 is 0.875 bits per heavy atom. The van der Waals surface area contributed by atoms with Crippen molar-refractivity contribution < 1.29 is 28.6 Å². The van der Waals surface area contributed by atoms with Gasteiger partial charge < -0.3 is 19.0 Å². The van der Waals surface area contributed by atoms with Gasteiger partial charge in [-0.15, -0.1) is 0 Å². The highest BCUT2D eigenvalue weighted by molar-refractivity contribution is 6.82. The monoisotopic (exact) mass is 588 g/mol. The SMILES string of the molecule is CCCC[Si](C)(C)C(C)(C)O[Si](C)(C)[C@](C)(CC)CCCOCCOC(=O)c1cc2ccccc2cc1C(=O)O. The average molecular weight is 589 g/mol. The molecule has 0 heterocycles. The Hall–Kier alpha value is -2.01. The Balaban J connectivity index is 1.87. The summed E-state index contributed by atoms with van der Waals surface area (Å²) in [5.41, 5.74) is -0.00183. The number of aromatic carboxylic acids is 1. The van der Waals surface area contributed by atoms with Crippen molar-refractivity contribution in [3.63, 3.8) is 0 Å². The number of ether oxygens (including phenoxy) is 2. The fraction of sp³-hybridized carbons (Fsp3) is 0.625. The first-order valence-corrected chi connectivity index (χ1v) is 20.9. The van der Waals surface area contributed by atoms with Crippen LogP contribution in [0.15, 0.2) is 36.4 Å². The smallest absolute Gasteiger partial charge is 0.339 e. The molecule has 224 valence electrons. The van der Waals surface area contributed by atoms with Crippen LogP contribution < -0.4 is 0 Å². The number of fused-ring (bicyclic) bond motifs is 1. The molecule has 0 saturated heterocycles. The molecular formula is C32H52O6Si2. The lowest BCUT2D eigenvalue weighted by molar-refractivity contribution is 0.0304. The van der Waals surface area contributed by atoms with Crippen LogP contribution in [0.1, 0.15) is 87.4 Å². The van der Waals surface area contributed by atoms with Crippen molar-refractivity contribution in [3.8, 4) is 0 Å². The Kier molecular flexibility index (Phi) is 12.2. The van der Waals surface area contributed by atoms with Crippen LogP contribution in [0.4, 0.5) is 0 Å². The normalized spacial score (nSPS) is 14.2. The Morgan fingerprint density at radius 3 is 2.02 bits per heavy atom. The minimum Gasteiger partial charge on any atom is -0.478 e. The summed E-state index contributed by atoms with van der Waals surface area (Å²) in [7, 11) is -3.59. The molecule has 0 fully saturated rings. The number of hydrogen-bond acceptors (Lipinski definition) is 5. The molecule has 8 heteroatoms. The maximum atomic E-state index is 12.7. The molecule has 0 spiro atoms. The van der Waals surface area contributed by atoms with E-state index in [9.17, 15) is 14.7 Å². The van der Waals surface area contributed by atoms with Gasteiger partial charge in [0, 0.05) is 11.8 Å². The van der Waals surface area contributed by atoms with Crippen LogP contribution in [0, 0.1) is 0 Å². The number of carboxylic acid groups (broad SMARTS) is 1. The first kappa shape index (κ1) is 34.2. The van der Waals surface area contributed by atoms with Gasteiger partial charge in [0.25, 0.3) is 0 Å². The molecule has 0 amide bonds. The zero-order valence-electron chi connectivity index (χ0n) is 26.3. The molecule has 40 heavy (non-hydrogen) atoms. The molecule has 0 bridgehead atoms. The zero-order valence-corrected chi connectivity index (χ0v) is 28.3. The molecule has 2 aromatic rings. The van der Waals surface area contributed by atoms with Gasteiger partial charge in [-0.2, -0.15) is 0 Å². The maximum Gasteiger partial charge on any atom is 0.339 e.